The topological polar surface area (TPSA) is 46.2 Å². The van der Waals surface area contributed by atoms with Gasteiger partial charge in [0.15, 0.2) is 0 Å². The predicted molar refractivity (Wildman–Crippen MR) is 52.5 cm³/mol. The van der Waals surface area contributed by atoms with Crippen molar-refractivity contribution in [2.45, 2.75) is 19.4 Å². The van der Waals surface area contributed by atoms with E-state index in [-0.39, 0.29) is 18.0 Å². The summed E-state index contributed by atoms with van der Waals surface area (Å²) in [6, 6.07) is 0.971. The first-order chi connectivity index (χ1) is 6.06. The summed E-state index contributed by atoms with van der Waals surface area (Å²) in [5, 5.41) is 9.21. The van der Waals surface area contributed by atoms with Crippen LogP contribution in [-0.4, -0.2) is 5.11 Å². The fourth-order valence-electron chi connectivity index (χ4n) is 1.14. The molecule has 0 saturated heterocycles. The van der Waals surface area contributed by atoms with Crippen molar-refractivity contribution < 1.29 is 13.9 Å². The van der Waals surface area contributed by atoms with E-state index in [0.29, 0.717) is 12.5 Å². The van der Waals surface area contributed by atoms with Gasteiger partial charge in [0.1, 0.15) is 17.4 Å². The molecule has 0 bridgehead atoms. The summed E-state index contributed by atoms with van der Waals surface area (Å²) in [4.78, 5) is 0. The van der Waals surface area contributed by atoms with Crippen LogP contribution >= 0.6 is 12.4 Å². The van der Waals surface area contributed by atoms with Gasteiger partial charge in [0.05, 0.1) is 0 Å². The molecule has 0 aromatic heterocycles. The van der Waals surface area contributed by atoms with Crippen LogP contribution in [0.15, 0.2) is 12.1 Å². The van der Waals surface area contributed by atoms with Crippen LogP contribution < -0.4 is 5.73 Å². The molecular formula is C9H12ClF2NO. The second kappa shape index (κ2) is 5.12. The summed E-state index contributed by atoms with van der Waals surface area (Å²) in [5.74, 6) is -2.03. The van der Waals surface area contributed by atoms with Gasteiger partial charge in [-0.15, -0.1) is 12.4 Å². The zero-order chi connectivity index (χ0) is 10.0. The maximum absolute atomic E-state index is 13.1. The number of aromatic hydroxyl groups is 1. The Bertz CT molecular complexity index is 297. The van der Waals surface area contributed by atoms with E-state index in [0.717, 1.165) is 6.07 Å². The highest BCUT2D eigenvalue weighted by Crippen LogP contribution is 2.28. The Labute approximate surface area is 87.1 Å². The first-order valence-electron chi connectivity index (χ1n) is 3.99. The summed E-state index contributed by atoms with van der Waals surface area (Å²) < 4.78 is 25.6. The van der Waals surface area contributed by atoms with E-state index in [9.17, 15) is 13.9 Å². The quantitative estimate of drug-likeness (QED) is 0.809. The Balaban J connectivity index is 0.00000169. The lowest BCUT2D eigenvalue weighted by Crippen LogP contribution is -2.11. The van der Waals surface area contributed by atoms with Gasteiger partial charge in [-0.05, 0) is 6.42 Å². The molecule has 0 saturated carbocycles. The minimum atomic E-state index is -0.804. The fourth-order valence-corrected chi connectivity index (χ4v) is 1.14. The second-order valence-electron chi connectivity index (χ2n) is 2.84. The number of halogens is 3. The Morgan fingerprint density at radius 2 is 2.00 bits per heavy atom. The van der Waals surface area contributed by atoms with E-state index in [2.05, 4.69) is 0 Å². The molecule has 0 heterocycles. The molecule has 1 rings (SSSR count). The summed E-state index contributed by atoms with van der Waals surface area (Å²) in [6.45, 7) is 1.76. The van der Waals surface area contributed by atoms with Gasteiger partial charge >= 0.3 is 0 Å². The molecule has 0 fully saturated rings. The summed E-state index contributed by atoms with van der Waals surface area (Å²) >= 11 is 0. The molecule has 0 aliphatic heterocycles. The molecular weight excluding hydrogens is 212 g/mol. The standard InChI is InChI=1S/C9H11F2NO.ClH/c1-2-7(12)9-6(11)3-5(10)4-8(9)13;/h3-4,7,13H,2,12H2,1H3;1H/t7-;/m1./s1. The SMILES string of the molecule is CC[C@@H](N)c1c(O)cc(F)cc1F.Cl. The largest absolute Gasteiger partial charge is 0.507 e. The molecule has 0 unspecified atom stereocenters. The second-order valence-corrected chi connectivity index (χ2v) is 2.84. The van der Waals surface area contributed by atoms with E-state index in [1.54, 1.807) is 6.92 Å². The van der Waals surface area contributed by atoms with Crippen LogP contribution in [0, 0.1) is 11.6 Å². The van der Waals surface area contributed by atoms with Gasteiger partial charge < -0.3 is 10.8 Å². The van der Waals surface area contributed by atoms with Crippen LogP contribution in [0.2, 0.25) is 0 Å². The average Bonchev–Trinajstić information content (AvgIpc) is 2.02. The van der Waals surface area contributed by atoms with Crippen LogP contribution in [0.1, 0.15) is 24.9 Å². The smallest absolute Gasteiger partial charge is 0.134 e. The van der Waals surface area contributed by atoms with Crippen LogP contribution in [0.25, 0.3) is 0 Å². The monoisotopic (exact) mass is 223 g/mol. The summed E-state index contributed by atoms with van der Waals surface area (Å²) in [7, 11) is 0. The van der Waals surface area contributed by atoms with Gasteiger partial charge in [-0.2, -0.15) is 0 Å². The molecule has 0 spiro atoms. The zero-order valence-electron chi connectivity index (χ0n) is 7.63. The highest BCUT2D eigenvalue weighted by Gasteiger charge is 2.15. The Morgan fingerprint density at radius 1 is 1.43 bits per heavy atom. The van der Waals surface area contributed by atoms with E-state index in [1.165, 1.54) is 0 Å². The molecule has 0 aliphatic carbocycles. The van der Waals surface area contributed by atoms with Crippen LogP contribution in [-0.2, 0) is 0 Å². The van der Waals surface area contributed by atoms with E-state index in [4.69, 9.17) is 5.73 Å². The Hall–Kier alpha value is -0.870. The Kier molecular flexibility index (Phi) is 4.80. The van der Waals surface area contributed by atoms with Crippen molar-refractivity contribution >= 4 is 12.4 Å². The van der Waals surface area contributed by atoms with Gasteiger partial charge in [-0.25, -0.2) is 8.78 Å². The maximum atomic E-state index is 13.1. The van der Waals surface area contributed by atoms with Gasteiger partial charge in [0, 0.05) is 23.7 Å². The van der Waals surface area contributed by atoms with Crippen LogP contribution in [0.5, 0.6) is 5.75 Å². The van der Waals surface area contributed by atoms with E-state index in [1.807, 2.05) is 0 Å². The number of hydrogen-bond acceptors (Lipinski definition) is 2. The van der Waals surface area contributed by atoms with Crippen molar-refractivity contribution in [3.63, 3.8) is 0 Å². The molecule has 1 aromatic rings. The molecule has 5 heteroatoms. The van der Waals surface area contributed by atoms with Crippen molar-refractivity contribution in [1.29, 1.82) is 0 Å². The molecule has 14 heavy (non-hydrogen) atoms. The van der Waals surface area contributed by atoms with Crippen molar-refractivity contribution in [3.8, 4) is 5.75 Å². The molecule has 0 radical (unpaired) electrons. The normalized spacial score (nSPS) is 12.0. The minimum Gasteiger partial charge on any atom is -0.507 e. The van der Waals surface area contributed by atoms with Gasteiger partial charge in [-0.1, -0.05) is 6.92 Å². The first-order valence-corrected chi connectivity index (χ1v) is 3.99. The molecule has 3 N–H and O–H groups in total. The number of phenolic OH excluding ortho intramolecular Hbond substituents is 1. The highest BCUT2D eigenvalue weighted by atomic mass is 35.5. The third-order valence-electron chi connectivity index (χ3n) is 1.88. The van der Waals surface area contributed by atoms with E-state index >= 15 is 0 Å². The van der Waals surface area contributed by atoms with E-state index < -0.39 is 23.4 Å². The highest BCUT2D eigenvalue weighted by molar-refractivity contribution is 5.85. The predicted octanol–water partition coefficient (Wildman–Crippen LogP) is 2.50. The number of phenols is 1. The lowest BCUT2D eigenvalue weighted by atomic mass is 10.0. The van der Waals surface area contributed by atoms with Crippen molar-refractivity contribution in [2.75, 3.05) is 0 Å². The third-order valence-corrected chi connectivity index (χ3v) is 1.88. The molecule has 80 valence electrons. The molecule has 2 nitrogen and oxygen atoms in total. The third kappa shape index (κ3) is 2.56. The Morgan fingerprint density at radius 3 is 2.43 bits per heavy atom. The van der Waals surface area contributed by atoms with Crippen molar-refractivity contribution in [1.82, 2.24) is 0 Å². The average molecular weight is 224 g/mol. The van der Waals surface area contributed by atoms with Crippen LogP contribution in [0.4, 0.5) is 8.78 Å². The first kappa shape index (κ1) is 13.1. The number of benzene rings is 1. The minimum absolute atomic E-state index is 0. The van der Waals surface area contributed by atoms with Gasteiger partial charge in [-0.3, -0.25) is 0 Å². The summed E-state index contributed by atoms with van der Waals surface area (Å²) in [5.41, 5.74) is 5.50. The van der Waals surface area contributed by atoms with Crippen LogP contribution in [0.3, 0.4) is 0 Å². The summed E-state index contributed by atoms with van der Waals surface area (Å²) in [6.07, 6.45) is 0.482. The number of rotatable bonds is 2. The van der Waals surface area contributed by atoms with Crippen molar-refractivity contribution in [2.24, 2.45) is 5.73 Å². The zero-order valence-corrected chi connectivity index (χ0v) is 8.44. The lowest BCUT2D eigenvalue weighted by Gasteiger charge is -2.12. The molecule has 0 amide bonds. The number of hydrogen-bond donors (Lipinski definition) is 2. The van der Waals surface area contributed by atoms with Gasteiger partial charge in [0.25, 0.3) is 0 Å². The maximum Gasteiger partial charge on any atom is 0.134 e. The fraction of sp³-hybridized carbons (Fsp3) is 0.333. The van der Waals surface area contributed by atoms with Gasteiger partial charge in [0.2, 0.25) is 0 Å². The molecule has 1 aromatic carbocycles. The molecule has 1 atom stereocenters. The molecule has 0 aliphatic rings. The lowest BCUT2D eigenvalue weighted by molar-refractivity contribution is 0.438. The van der Waals surface area contributed by atoms with Crippen molar-refractivity contribution in [3.05, 3.63) is 29.3 Å². The number of nitrogens with two attached hydrogens (primary N) is 1.